The van der Waals surface area contributed by atoms with E-state index in [9.17, 15) is 18.0 Å². The summed E-state index contributed by atoms with van der Waals surface area (Å²) in [7, 11) is 0. The highest BCUT2D eigenvalue weighted by molar-refractivity contribution is 7.14. The van der Waals surface area contributed by atoms with Gasteiger partial charge in [0.15, 0.2) is 5.13 Å². The van der Waals surface area contributed by atoms with Crippen LogP contribution in [0.2, 0.25) is 0 Å². The van der Waals surface area contributed by atoms with Crippen LogP contribution in [-0.4, -0.2) is 15.9 Å². The molecule has 0 fully saturated rings. The predicted octanol–water partition coefficient (Wildman–Crippen LogP) is 3.87. The van der Waals surface area contributed by atoms with Gasteiger partial charge in [-0.25, -0.2) is 18.2 Å². The van der Waals surface area contributed by atoms with Gasteiger partial charge in [0.2, 0.25) is 0 Å². The third kappa shape index (κ3) is 3.21. The van der Waals surface area contributed by atoms with E-state index in [0.29, 0.717) is 17.7 Å². The first-order chi connectivity index (χ1) is 11.0. The first kappa shape index (κ1) is 15.2. The number of hydrogen-bond acceptors (Lipinski definition) is 4. The van der Waals surface area contributed by atoms with Crippen molar-refractivity contribution in [2.45, 2.75) is 0 Å². The molecule has 0 radical (unpaired) electrons. The summed E-state index contributed by atoms with van der Waals surface area (Å²) in [6.07, 6.45) is 2.93. The van der Waals surface area contributed by atoms with Crippen LogP contribution in [0.4, 0.5) is 18.3 Å². The van der Waals surface area contributed by atoms with Crippen LogP contribution < -0.4 is 5.32 Å². The van der Waals surface area contributed by atoms with E-state index in [1.54, 1.807) is 0 Å². The lowest BCUT2D eigenvalue weighted by molar-refractivity contribution is 0.102. The van der Waals surface area contributed by atoms with Crippen molar-refractivity contribution in [2.24, 2.45) is 0 Å². The highest BCUT2D eigenvalue weighted by Crippen LogP contribution is 2.30. The van der Waals surface area contributed by atoms with Crippen LogP contribution in [0, 0.1) is 17.5 Å². The summed E-state index contributed by atoms with van der Waals surface area (Å²) in [5, 5.41) is 4.07. The third-order valence-corrected chi connectivity index (χ3v) is 3.69. The largest absolute Gasteiger partial charge is 0.298 e. The fraction of sp³-hybridized carbons (Fsp3) is 0. The second kappa shape index (κ2) is 6.17. The number of nitrogens with one attached hydrogen (secondary N) is 1. The number of hydrogen-bond donors (Lipinski definition) is 1. The Hall–Kier alpha value is -2.74. The molecule has 0 saturated carbocycles. The maximum Gasteiger partial charge on any atom is 0.257 e. The molecule has 0 aliphatic carbocycles. The lowest BCUT2D eigenvalue weighted by Crippen LogP contribution is -2.11. The summed E-state index contributed by atoms with van der Waals surface area (Å²) in [5.74, 6) is -3.54. The maximum atomic E-state index is 13.7. The molecule has 1 N–H and O–H groups in total. The van der Waals surface area contributed by atoms with Crippen LogP contribution in [0.25, 0.3) is 11.3 Å². The van der Waals surface area contributed by atoms with E-state index >= 15 is 0 Å². The Kier molecular flexibility index (Phi) is 4.07. The molecule has 1 aromatic carbocycles. The zero-order valence-electron chi connectivity index (χ0n) is 11.4. The average molecular weight is 335 g/mol. The van der Waals surface area contributed by atoms with E-state index in [2.05, 4.69) is 15.3 Å². The van der Waals surface area contributed by atoms with Crippen molar-refractivity contribution < 1.29 is 18.0 Å². The summed E-state index contributed by atoms with van der Waals surface area (Å²) in [6, 6.07) is 4.19. The number of carbonyl (C=O) groups excluding carboxylic acids is 1. The van der Waals surface area contributed by atoms with Crippen LogP contribution in [0.1, 0.15) is 10.4 Å². The van der Waals surface area contributed by atoms with Crippen molar-refractivity contribution in [3.63, 3.8) is 0 Å². The van der Waals surface area contributed by atoms with Gasteiger partial charge < -0.3 is 0 Å². The van der Waals surface area contributed by atoms with Gasteiger partial charge in [-0.05, 0) is 12.1 Å². The molecule has 2 aromatic heterocycles. The highest BCUT2D eigenvalue weighted by atomic mass is 32.1. The van der Waals surface area contributed by atoms with Gasteiger partial charge in [-0.15, -0.1) is 11.3 Å². The number of anilines is 1. The minimum atomic E-state index is -1.06. The van der Waals surface area contributed by atoms with E-state index in [1.165, 1.54) is 29.9 Å². The van der Waals surface area contributed by atoms with Crippen molar-refractivity contribution in [1.82, 2.24) is 9.97 Å². The lowest BCUT2D eigenvalue weighted by atomic mass is 10.1. The zero-order chi connectivity index (χ0) is 16.4. The number of thiazole rings is 1. The topological polar surface area (TPSA) is 54.9 Å². The molecule has 1 amide bonds. The molecule has 0 spiro atoms. The van der Waals surface area contributed by atoms with Crippen LogP contribution in [0.5, 0.6) is 0 Å². The Morgan fingerprint density at radius 1 is 1.09 bits per heavy atom. The highest BCUT2D eigenvalue weighted by Gasteiger charge is 2.17. The zero-order valence-corrected chi connectivity index (χ0v) is 12.2. The number of pyridine rings is 1. The molecule has 3 aromatic rings. The first-order valence-electron chi connectivity index (χ1n) is 6.36. The Morgan fingerprint density at radius 3 is 2.39 bits per heavy atom. The van der Waals surface area contributed by atoms with Crippen LogP contribution in [0.3, 0.4) is 0 Å². The molecular formula is C15H8F3N3OS. The second-order valence-corrected chi connectivity index (χ2v) is 5.33. The van der Waals surface area contributed by atoms with Crippen LogP contribution in [0.15, 0.2) is 42.0 Å². The lowest BCUT2D eigenvalue weighted by Gasteiger charge is -2.02. The molecule has 4 nitrogen and oxygen atoms in total. The molecule has 3 rings (SSSR count). The maximum absolute atomic E-state index is 13.7. The fourth-order valence-electron chi connectivity index (χ4n) is 1.91. The van der Waals surface area contributed by atoms with E-state index in [-0.39, 0.29) is 10.8 Å². The van der Waals surface area contributed by atoms with Crippen molar-refractivity contribution in [2.75, 3.05) is 5.32 Å². The van der Waals surface area contributed by atoms with Crippen molar-refractivity contribution in [3.8, 4) is 11.3 Å². The summed E-state index contributed by atoms with van der Waals surface area (Å²) >= 11 is 1.00. The molecule has 0 saturated heterocycles. The Morgan fingerprint density at radius 2 is 1.74 bits per heavy atom. The predicted molar refractivity (Wildman–Crippen MR) is 79.6 cm³/mol. The summed E-state index contributed by atoms with van der Waals surface area (Å²) in [4.78, 5) is 19.7. The average Bonchev–Trinajstić information content (AvgIpc) is 2.95. The summed E-state index contributed by atoms with van der Waals surface area (Å²) in [6.45, 7) is 0. The Balaban J connectivity index is 1.86. The van der Waals surface area contributed by atoms with Crippen LogP contribution in [-0.2, 0) is 0 Å². The van der Waals surface area contributed by atoms with Crippen LogP contribution >= 0.6 is 11.3 Å². The van der Waals surface area contributed by atoms with E-state index in [0.717, 1.165) is 11.3 Å². The summed E-state index contributed by atoms with van der Waals surface area (Å²) in [5.41, 5.74) is -0.0852. The fourth-order valence-corrected chi connectivity index (χ4v) is 2.60. The minimum Gasteiger partial charge on any atom is -0.298 e. The van der Waals surface area contributed by atoms with E-state index in [4.69, 9.17) is 0 Å². The SMILES string of the molecule is O=C(Nc1nc(-c2c(F)cc(F)cc2F)cs1)c1ccncc1. The number of halogens is 3. The van der Waals surface area contributed by atoms with E-state index in [1.807, 2.05) is 0 Å². The molecule has 0 aliphatic heterocycles. The second-order valence-electron chi connectivity index (χ2n) is 4.47. The van der Waals surface area contributed by atoms with Gasteiger partial charge in [0, 0.05) is 35.5 Å². The molecule has 0 bridgehead atoms. The minimum absolute atomic E-state index is 0.0185. The van der Waals surface area contributed by atoms with Gasteiger partial charge in [0.05, 0.1) is 11.3 Å². The molecule has 116 valence electrons. The Bertz CT molecular complexity index is 844. The quantitative estimate of drug-likeness (QED) is 0.790. The number of carbonyl (C=O) groups is 1. The Labute approximate surface area is 132 Å². The van der Waals surface area contributed by atoms with Gasteiger partial charge in [-0.3, -0.25) is 15.1 Å². The van der Waals surface area contributed by atoms with Gasteiger partial charge in [0.1, 0.15) is 17.5 Å². The van der Waals surface area contributed by atoms with Gasteiger partial charge >= 0.3 is 0 Å². The molecule has 2 heterocycles. The number of nitrogens with zero attached hydrogens (tertiary/aromatic N) is 2. The van der Waals surface area contributed by atoms with Gasteiger partial charge in [-0.2, -0.15) is 0 Å². The molecule has 23 heavy (non-hydrogen) atoms. The molecular weight excluding hydrogens is 327 g/mol. The van der Waals surface area contributed by atoms with Crippen molar-refractivity contribution in [3.05, 3.63) is 65.1 Å². The van der Waals surface area contributed by atoms with Gasteiger partial charge in [-0.1, -0.05) is 0 Å². The molecule has 8 heteroatoms. The monoisotopic (exact) mass is 335 g/mol. The van der Waals surface area contributed by atoms with Gasteiger partial charge in [0.25, 0.3) is 5.91 Å². The molecule has 0 atom stereocenters. The number of benzene rings is 1. The number of aromatic nitrogens is 2. The summed E-state index contributed by atoms with van der Waals surface area (Å²) < 4.78 is 40.4. The standard InChI is InChI=1S/C15H8F3N3OS/c16-9-5-10(17)13(11(18)6-9)12-7-23-15(20-12)21-14(22)8-1-3-19-4-2-8/h1-7H,(H,20,21,22). The number of amides is 1. The molecule has 0 unspecified atom stereocenters. The van der Waals surface area contributed by atoms with Crippen molar-refractivity contribution in [1.29, 1.82) is 0 Å². The smallest absolute Gasteiger partial charge is 0.257 e. The van der Waals surface area contributed by atoms with E-state index < -0.39 is 28.9 Å². The third-order valence-electron chi connectivity index (χ3n) is 2.93. The number of rotatable bonds is 3. The normalized spacial score (nSPS) is 10.6. The van der Waals surface area contributed by atoms with Crippen molar-refractivity contribution >= 4 is 22.4 Å². The first-order valence-corrected chi connectivity index (χ1v) is 7.24. The molecule has 0 aliphatic rings.